The highest BCUT2D eigenvalue weighted by molar-refractivity contribution is 8.15. The van der Waals surface area contributed by atoms with Gasteiger partial charge in [-0.25, -0.2) is 9.79 Å². The van der Waals surface area contributed by atoms with Crippen molar-refractivity contribution in [3.8, 4) is 0 Å². The van der Waals surface area contributed by atoms with Crippen molar-refractivity contribution in [3.05, 3.63) is 60.2 Å². The minimum atomic E-state index is -0.628. The molecule has 0 aliphatic carbocycles. The highest BCUT2D eigenvalue weighted by Crippen LogP contribution is 2.32. The lowest BCUT2D eigenvalue weighted by Crippen LogP contribution is -2.34. The standard InChI is InChI=1S/C23H25N3O5S/c1-31-22(30)17-11-5-6-12-18(17)25-20(28)15-19-21(29)26(13-7-8-14-27)23(32-19)24-16-9-3-2-4-10-16/h2-6,9-12,19,27H,7-8,13-15H2,1H3,(H,25,28). The molecule has 2 aromatic carbocycles. The van der Waals surface area contributed by atoms with Gasteiger partial charge in [-0.05, 0) is 37.1 Å². The monoisotopic (exact) mass is 455 g/mol. The SMILES string of the molecule is COC(=O)c1ccccc1NC(=O)CC1SC(=Nc2ccccc2)N(CCCCO)C1=O. The average molecular weight is 456 g/mol. The van der Waals surface area contributed by atoms with Crippen molar-refractivity contribution in [3.63, 3.8) is 0 Å². The number of rotatable bonds is 9. The Kier molecular flexibility index (Phi) is 8.41. The Morgan fingerprint density at radius 3 is 2.56 bits per heavy atom. The van der Waals surface area contributed by atoms with Crippen LogP contribution in [0.15, 0.2) is 59.6 Å². The average Bonchev–Trinajstić information content (AvgIpc) is 3.08. The number of amidine groups is 1. The quantitative estimate of drug-likeness (QED) is 0.444. The number of amides is 2. The van der Waals surface area contributed by atoms with Crippen LogP contribution in [0.5, 0.6) is 0 Å². The molecule has 168 valence electrons. The maximum Gasteiger partial charge on any atom is 0.339 e. The molecule has 1 fully saturated rings. The zero-order valence-electron chi connectivity index (χ0n) is 17.7. The Hall–Kier alpha value is -3.17. The van der Waals surface area contributed by atoms with E-state index in [-0.39, 0.29) is 30.4 Å². The molecule has 2 aromatic rings. The third kappa shape index (κ3) is 5.95. The molecule has 0 bridgehead atoms. The summed E-state index contributed by atoms with van der Waals surface area (Å²) >= 11 is 1.25. The van der Waals surface area contributed by atoms with Gasteiger partial charge in [-0.1, -0.05) is 42.1 Å². The fraction of sp³-hybridized carbons (Fsp3) is 0.304. The van der Waals surface area contributed by atoms with Crippen molar-refractivity contribution in [1.29, 1.82) is 0 Å². The second-order valence-electron chi connectivity index (χ2n) is 7.05. The van der Waals surface area contributed by atoms with Crippen LogP contribution in [-0.4, -0.2) is 58.5 Å². The molecule has 1 aliphatic rings. The van der Waals surface area contributed by atoms with Crippen molar-refractivity contribution >= 4 is 46.1 Å². The van der Waals surface area contributed by atoms with E-state index in [0.717, 1.165) is 0 Å². The van der Waals surface area contributed by atoms with Gasteiger partial charge in [0.1, 0.15) is 5.25 Å². The van der Waals surface area contributed by atoms with Crippen molar-refractivity contribution in [2.45, 2.75) is 24.5 Å². The summed E-state index contributed by atoms with van der Waals surface area (Å²) < 4.78 is 4.75. The van der Waals surface area contributed by atoms with Gasteiger partial charge in [-0.15, -0.1) is 0 Å². The lowest BCUT2D eigenvalue weighted by Gasteiger charge is -2.16. The van der Waals surface area contributed by atoms with Crippen LogP contribution in [0.25, 0.3) is 0 Å². The summed E-state index contributed by atoms with van der Waals surface area (Å²) in [5, 5.41) is 11.7. The lowest BCUT2D eigenvalue weighted by molar-refractivity contribution is -0.128. The molecule has 0 radical (unpaired) electrons. The van der Waals surface area contributed by atoms with Gasteiger partial charge in [0.15, 0.2) is 5.17 Å². The first-order chi connectivity index (χ1) is 15.5. The van der Waals surface area contributed by atoms with Crippen LogP contribution >= 0.6 is 11.8 Å². The van der Waals surface area contributed by atoms with Crippen LogP contribution in [0.2, 0.25) is 0 Å². The third-order valence-electron chi connectivity index (χ3n) is 4.77. The van der Waals surface area contributed by atoms with Gasteiger partial charge in [0.05, 0.1) is 24.0 Å². The Labute approximate surface area is 190 Å². The van der Waals surface area contributed by atoms with E-state index >= 15 is 0 Å². The largest absolute Gasteiger partial charge is 0.465 e. The molecular weight excluding hydrogens is 430 g/mol. The van der Waals surface area contributed by atoms with E-state index in [2.05, 4.69) is 10.3 Å². The molecule has 0 saturated carbocycles. The number of carbonyl (C=O) groups excluding carboxylic acids is 3. The van der Waals surface area contributed by atoms with E-state index in [4.69, 9.17) is 9.84 Å². The summed E-state index contributed by atoms with van der Waals surface area (Å²) in [4.78, 5) is 43.8. The number of nitrogens with zero attached hydrogens (tertiary/aromatic N) is 2. The van der Waals surface area contributed by atoms with Gasteiger partial charge in [0, 0.05) is 19.6 Å². The second-order valence-corrected chi connectivity index (χ2v) is 8.22. The van der Waals surface area contributed by atoms with Crippen LogP contribution in [0.4, 0.5) is 11.4 Å². The number of unbranched alkanes of at least 4 members (excludes halogenated alkanes) is 1. The number of ether oxygens (including phenoxy) is 1. The predicted molar refractivity (Wildman–Crippen MR) is 124 cm³/mol. The van der Waals surface area contributed by atoms with Crippen molar-refractivity contribution in [1.82, 2.24) is 4.90 Å². The summed E-state index contributed by atoms with van der Waals surface area (Å²) in [5.74, 6) is -1.14. The first kappa shape index (κ1) is 23.5. The second kappa shape index (κ2) is 11.4. The fourth-order valence-corrected chi connectivity index (χ4v) is 4.36. The number of nitrogens with one attached hydrogen (secondary N) is 1. The predicted octanol–water partition coefficient (Wildman–Crippen LogP) is 3.21. The molecular formula is C23H25N3O5S. The molecule has 0 aromatic heterocycles. The van der Waals surface area contributed by atoms with Crippen LogP contribution in [-0.2, 0) is 14.3 Å². The molecule has 1 aliphatic heterocycles. The number of aliphatic imine (C=N–C) groups is 1. The van der Waals surface area contributed by atoms with Gasteiger partial charge < -0.3 is 15.2 Å². The first-order valence-electron chi connectivity index (χ1n) is 10.2. The Morgan fingerprint density at radius 1 is 1.12 bits per heavy atom. The number of thioether (sulfide) groups is 1. The maximum absolute atomic E-state index is 13.0. The van der Waals surface area contributed by atoms with Crippen LogP contribution < -0.4 is 5.32 Å². The molecule has 2 N–H and O–H groups in total. The zero-order valence-corrected chi connectivity index (χ0v) is 18.5. The maximum atomic E-state index is 13.0. The van der Waals surface area contributed by atoms with Gasteiger partial charge in [-0.3, -0.25) is 14.5 Å². The van der Waals surface area contributed by atoms with Gasteiger partial charge in [0.2, 0.25) is 11.8 Å². The molecule has 2 amide bonds. The molecule has 1 unspecified atom stereocenters. The van der Waals surface area contributed by atoms with Crippen molar-refractivity contribution in [2.75, 3.05) is 25.6 Å². The topological polar surface area (TPSA) is 108 Å². The number of carbonyl (C=O) groups is 3. The first-order valence-corrected chi connectivity index (χ1v) is 11.1. The number of hydrogen-bond donors (Lipinski definition) is 2. The summed E-state index contributed by atoms with van der Waals surface area (Å²) in [7, 11) is 1.27. The van der Waals surface area contributed by atoms with Crippen LogP contribution in [0, 0.1) is 0 Å². The number of hydrogen-bond acceptors (Lipinski definition) is 7. The minimum absolute atomic E-state index is 0.0474. The number of benzene rings is 2. The summed E-state index contributed by atoms with van der Waals surface area (Å²) in [5.41, 5.74) is 1.29. The van der Waals surface area contributed by atoms with Crippen molar-refractivity contribution < 1.29 is 24.2 Å². The van der Waals surface area contributed by atoms with Gasteiger partial charge >= 0.3 is 5.97 Å². The Morgan fingerprint density at radius 2 is 1.84 bits per heavy atom. The van der Waals surface area contributed by atoms with Crippen LogP contribution in [0.3, 0.4) is 0 Å². The summed E-state index contributed by atoms with van der Waals surface area (Å²) in [6.45, 7) is 0.465. The molecule has 32 heavy (non-hydrogen) atoms. The number of anilines is 1. The molecule has 0 spiro atoms. The lowest BCUT2D eigenvalue weighted by atomic mass is 10.1. The molecule has 1 heterocycles. The number of methoxy groups -OCH3 is 1. The van der Waals surface area contributed by atoms with E-state index < -0.39 is 11.2 Å². The summed E-state index contributed by atoms with van der Waals surface area (Å²) in [6.07, 6.45) is 1.13. The summed E-state index contributed by atoms with van der Waals surface area (Å²) in [6, 6.07) is 15.8. The highest BCUT2D eigenvalue weighted by Gasteiger charge is 2.39. The van der Waals surface area contributed by atoms with E-state index in [0.29, 0.717) is 35.9 Å². The van der Waals surface area contributed by atoms with E-state index in [1.54, 1.807) is 29.2 Å². The Balaban J connectivity index is 1.73. The molecule has 1 atom stereocenters. The number of aliphatic hydroxyl groups excluding tert-OH is 1. The molecule has 1 saturated heterocycles. The third-order valence-corrected chi connectivity index (χ3v) is 5.94. The number of esters is 1. The Bertz CT molecular complexity index is 996. The highest BCUT2D eigenvalue weighted by atomic mass is 32.2. The van der Waals surface area contributed by atoms with Crippen LogP contribution in [0.1, 0.15) is 29.6 Å². The van der Waals surface area contributed by atoms with Gasteiger partial charge in [-0.2, -0.15) is 0 Å². The normalized spacial score (nSPS) is 16.9. The molecule has 8 nitrogen and oxygen atoms in total. The number of para-hydroxylation sites is 2. The molecule has 9 heteroatoms. The van der Waals surface area contributed by atoms with E-state index in [1.807, 2.05) is 30.3 Å². The van der Waals surface area contributed by atoms with E-state index in [1.165, 1.54) is 18.9 Å². The zero-order chi connectivity index (χ0) is 22.9. The van der Waals surface area contributed by atoms with Crippen molar-refractivity contribution in [2.24, 2.45) is 4.99 Å². The number of aliphatic hydroxyl groups is 1. The fourth-order valence-electron chi connectivity index (χ4n) is 3.18. The van der Waals surface area contributed by atoms with Gasteiger partial charge in [0.25, 0.3) is 0 Å². The van der Waals surface area contributed by atoms with E-state index in [9.17, 15) is 14.4 Å². The molecule has 3 rings (SSSR count). The smallest absolute Gasteiger partial charge is 0.339 e. The minimum Gasteiger partial charge on any atom is -0.465 e.